The van der Waals surface area contributed by atoms with E-state index >= 15 is 0 Å². The number of amides is 1. The molecule has 0 aliphatic carbocycles. The lowest BCUT2D eigenvalue weighted by Gasteiger charge is -2.29. The first-order valence-corrected chi connectivity index (χ1v) is 6.70. The highest BCUT2D eigenvalue weighted by atomic mass is 32.2. The van der Waals surface area contributed by atoms with E-state index < -0.39 is 5.25 Å². The van der Waals surface area contributed by atoms with Crippen LogP contribution < -0.4 is 0 Å². The third-order valence-electron chi connectivity index (χ3n) is 3.01. The van der Waals surface area contributed by atoms with Crippen molar-refractivity contribution in [2.45, 2.75) is 18.7 Å². The molecule has 0 saturated carbocycles. The SMILES string of the molecule is Cc1nccn1CC(SO)C(=O)N1CCOCC1. The second-order valence-corrected chi connectivity index (χ2v) is 4.94. The quantitative estimate of drug-likeness (QED) is 0.813. The van der Waals surface area contributed by atoms with Gasteiger partial charge in [-0.15, -0.1) is 0 Å². The molecular formula is C11H17N3O3S. The van der Waals surface area contributed by atoms with E-state index in [0.717, 1.165) is 5.82 Å². The van der Waals surface area contributed by atoms with E-state index in [-0.39, 0.29) is 5.91 Å². The summed E-state index contributed by atoms with van der Waals surface area (Å²) in [6.07, 6.45) is 3.50. The first-order valence-electron chi connectivity index (χ1n) is 5.87. The number of nitrogens with zero attached hydrogens (tertiary/aromatic N) is 3. The van der Waals surface area contributed by atoms with Crippen LogP contribution in [0.1, 0.15) is 5.82 Å². The third-order valence-corrected chi connectivity index (χ3v) is 3.62. The van der Waals surface area contributed by atoms with Gasteiger partial charge < -0.3 is 18.8 Å². The highest BCUT2D eigenvalue weighted by molar-refractivity contribution is 7.95. The lowest BCUT2D eigenvalue weighted by Crippen LogP contribution is -2.45. The van der Waals surface area contributed by atoms with E-state index in [0.29, 0.717) is 44.9 Å². The Kier molecular flexibility index (Phi) is 4.62. The average molecular weight is 271 g/mol. The molecule has 1 atom stereocenters. The van der Waals surface area contributed by atoms with Gasteiger partial charge in [-0.3, -0.25) is 4.79 Å². The Morgan fingerprint density at radius 3 is 2.89 bits per heavy atom. The lowest BCUT2D eigenvalue weighted by atomic mass is 10.3. The number of carbonyl (C=O) groups is 1. The van der Waals surface area contributed by atoms with Gasteiger partial charge in [0.15, 0.2) is 0 Å². The van der Waals surface area contributed by atoms with Gasteiger partial charge in [0.1, 0.15) is 11.1 Å². The van der Waals surface area contributed by atoms with Crippen molar-refractivity contribution in [3.05, 3.63) is 18.2 Å². The predicted octanol–water partition coefficient (Wildman–Crippen LogP) is 0.625. The fourth-order valence-electron chi connectivity index (χ4n) is 1.92. The number of ether oxygens (including phenoxy) is 1. The molecule has 1 amide bonds. The van der Waals surface area contributed by atoms with Crippen LogP contribution in [0.25, 0.3) is 0 Å². The summed E-state index contributed by atoms with van der Waals surface area (Å²) in [5, 5.41) is -0.490. The molecule has 2 rings (SSSR count). The molecule has 0 spiro atoms. The van der Waals surface area contributed by atoms with E-state index in [1.165, 1.54) is 0 Å². The second-order valence-electron chi connectivity index (χ2n) is 4.16. The molecule has 1 N–H and O–H groups in total. The van der Waals surface area contributed by atoms with Gasteiger partial charge in [-0.05, 0) is 6.92 Å². The van der Waals surface area contributed by atoms with Gasteiger partial charge in [0, 0.05) is 44.1 Å². The number of hydrogen-bond donors (Lipinski definition) is 1. The molecule has 2 heterocycles. The fraction of sp³-hybridized carbons (Fsp3) is 0.636. The maximum atomic E-state index is 12.2. The van der Waals surface area contributed by atoms with Crippen LogP contribution in [-0.4, -0.2) is 56.5 Å². The molecule has 0 radical (unpaired) electrons. The highest BCUT2D eigenvalue weighted by Gasteiger charge is 2.26. The Labute approximate surface area is 110 Å². The molecule has 0 aromatic carbocycles. The molecule has 1 aromatic rings. The number of hydrogen-bond acceptors (Lipinski definition) is 5. The van der Waals surface area contributed by atoms with Crippen molar-refractivity contribution in [3.63, 3.8) is 0 Å². The molecule has 6 nitrogen and oxygen atoms in total. The molecule has 1 aliphatic rings. The average Bonchev–Trinajstić information content (AvgIpc) is 2.81. The number of rotatable bonds is 4. The van der Waals surface area contributed by atoms with Crippen LogP contribution in [0.3, 0.4) is 0 Å². The minimum Gasteiger partial charge on any atom is -0.378 e. The van der Waals surface area contributed by atoms with Crippen molar-refractivity contribution in [2.24, 2.45) is 0 Å². The van der Waals surface area contributed by atoms with Crippen molar-refractivity contribution in [2.75, 3.05) is 26.3 Å². The highest BCUT2D eigenvalue weighted by Crippen LogP contribution is 2.14. The van der Waals surface area contributed by atoms with Crippen LogP contribution in [0.2, 0.25) is 0 Å². The maximum Gasteiger partial charge on any atom is 0.240 e. The Hall–Kier alpha value is -1.05. The maximum absolute atomic E-state index is 12.2. The monoisotopic (exact) mass is 271 g/mol. The molecule has 7 heteroatoms. The molecule has 0 bridgehead atoms. The standard InChI is InChI=1S/C11H17N3O3S/c1-9-12-2-3-14(9)8-10(18-16)11(15)13-4-6-17-7-5-13/h2-3,10,16H,4-8H2,1H3. The normalized spacial score (nSPS) is 17.8. The first kappa shape index (κ1) is 13.4. The van der Waals surface area contributed by atoms with Crippen molar-refractivity contribution in [3.8, 4) is 0 Å². The van der Waals surface area contributed by atoms with Gasteiger partial charge in [-0.25, -0.2) is 4.98 Å². The fourth-order valence-corrected chi connectivity index (χ4v) is 2.39. The van der Waals surface area contributed by atoms with E-state index in [1.807, 2.05) is 17.7 Å². The van der Waals surface area contributed by atoms with E-state index in [9.17, 15) is 9.35 Å². The van der Waals surface area contributed by atoms with Gasteiger partial charge in [-0.1, -0.05) is 0 Å². The summed E-state index contributed by atoms with van der Waals surface area (Å²) in [7, 11) is 0. The number of morpholine rings is 1. The predicted molar refractivity (Wildman–Crippen MR) is 68.4 cm³/mol. The Morgan fingerprint density at radius 1 is 1.61 bits per heavy atom. The zero-order chi connectivity index (χ0) is 13.0. The summed E-state index contributed by atoms with van der Waals surface area (Å²) in [5.74, 6) is 0.794. The van der Waals surface area contributed by atoms with Crippen molar-refractivity contribution >= 4 is 17.9 Å². The van der Waals surface area contributed by atoms with Crippen LogP contribution in [-0.2, 0) is 16.1 Å². The van der Waals surface area contributed by atoms with Crippen LogP contribution >= 0.6 is 12.0 Å². The number of aromatic nitrogens is 2. The van der Waals surface area contributed by atoms with Gasteiger partial charge in [0.25, 0.3) is 0 Å². The number of aryl methyl sites for hydroxylation is 1. The van der Waals surface area contributed by atoms with Crippen LogP contribution in [0.5, 0.6) is 0 Å². The van der Waals surface area contributed by atoms with Gasteiger partial charge in [0.2, 0.25) is 5.91 Å². The summed E-state index contributed by atoms with van der Waals surface area (Å²) in [5.41, 5.74) is 0. The van der Waals surface area contributed by atoms with E-state index in [4.69, 9.17) is 4.74 Å². The van der Waals surface area contributed by atoms with Crippen LogP contribution in [0.4, 0.5) is 0 Å². The minimum atomic E-state index is -0.490. The molecule has 1 unspecified atom stereocenters. The summed E-state index contributed by atoms with van der Waals surface area (Å²) < 4.78 is 16.4. The number of imidazole rings is 1. The van der Waals surface area contributed by atoms with Crippen molar-refractivity contribution in [1.82, 2.24) is 14.5 Å². The third kappa shape index (κ3) is 3.04. The van der Waals surface area contributed by atoms with Gasteiger partial charge >= 0.3 is 0 Å². The van der Waals surface area contributed by atoms with Crippen LogP contribution in [0.15, 0.2) is 12.4 Å². The zero-order valence-corrected chi connectivity index (χ0v) is 11.1. The topological polar surface area (TPSA) is 67.6 Å². The first-order chi connectivity index (χ1) is 8.72. The molecule has 1 fully saturated rings. The molecule has 18 heavy (non-hydrogen) atoms. The molecule has 100 valence electrons. The Bertz CT molecular complexity index is 404. The summed E-state index contributed by atoms with van der Waals surface area (Å²) in [4.78, 5) is 18.1. The second kappa shape index (κ2) is 6.21. The molecule has 1 saturated heterocycles. The van der Waals surface area contributed by atoms with E-state index in [1.54, 1.807) is 11.1 Å². The molecule has 1 aliphatic heterocycles. The molecule has 1 aromatic heterocycles. The summed E-state index contributed by atoms with van der Waals surface area (Å²) >= 11 is 0.598. The lowest BCUT2D eigenvalue weighted by molar-refractivity contribution is -0.134. The summed E-state index contributed by atoms with van der Waals surface area (Å²) in [6, 6.07) is 0. The Morgan fingerprint density at radius 2 is 2.33 bits per heavy atom. The molecular weight excluding hydrogens is 254 g/mol. The van der Waals surface area contributed by atoms with E-state index in [2.05, 4.69) is 4.98 Å². The zero-order valence-electron chi connectivity index (χ0n) is 10.3. The largest absolute Gasteiger partial charge is 0.378 e. The smallest absolute Gasteiger partial charge is 0.240 e. The summed E-state index contributed by atoms with van der Waals surface area (Å²) in [6.45, 7) is 4.64. The number of carbonyl (C=O) groups excluding carboxylic acids is 1. The minimum absolute atomic E-state index is 0.0427. The van der Waals surface area contributed by atoms with Crippen molar-refractivity contribution in [1.29, 1.82) is 0 Å². The van der Waals surface area contributed by atoms with Gasteiger partial charge in [0.05, 0.1) is 13.2 Å². The van der Waals surface area contributed by atoms with Crippen molar-refractivity contribution < 1.29 is 14.1 Å². The Balaban J connectivity index is 1.99. The van der Waals surface area contributed by atoms with Gasteiger partial charge in [-0.2, -0.15) is 0 Å². The van der Waals surface area contributed by atoms with Crippen LogP contribution in [0, 0.1) is 6.92 Å².